The van der Waals surface area contributed by atoms with Crippen molar-refractivity contribution in [1.82, 2.24) is 9.88 Å². The summed E-state index contributed by atoms with van der Waals surface area (Å²) in [7, 11) is 1.68. The molecule has 2 aromatic rings. The highest BCUT2D eigenvalue weighted by molar-refractivity contribution is 7.99. The number of rotatable bonds is 8. The lowest BCUT2D eigenvalue weighted by molar-refractivity contribution is -0.192. The molecule has 8 nitrogen and oxygen atoms in total. The van der Waals surface area contributed by atoms with Crippen LogP contribution in [0, 0.1) is 0 Å². The van der Waals surface area contributed by atoms with Gasteiger partial charge in [-0.15, -0.1) is 11.8 Å². The van der Waals surface area contributed by atoms with Crippen molar-refractivity contribution in [3.05, 3.63) is 53.3 Å². The number of carbonyl (C=O) groups excluding carboxylic acids is 2. The Hall–Kier alpha value is -2.83. The molecule has 36 heavy (non-hydrogen) atoms. The van der Waals surface area contributed by atoms with Crippen LogP contribution in [0.15, 0.2) is 47.6 Å². The van der Waals surface area contributed by atoms with Crippen molar-refractivity contribution in [2.24, 2.45) is 0 Å². The Labute approximate surface area is 215 Å². The summed E-state index contributed by atoms with van der Waals surface area (Å²) in [5, 5.41) is 7.65. The zero-order chi connectivity index (χ0) is 27.1. The topological polar surface area (TPSA) is 100 Å². The van der Waals surface area contributed by atoms with E-state index >= 15 is 0 Å². The summed E-state index contributed by atoms with van der Waals surface area (Å²) in [6.45, 7) is 4.55. The number of methoxy groups -OCH3 is 1. The van der Waals surface area contributed by atoms with E-state index in [1.54, 1.807) is 62.1 Å². The number of hydrogen-bond acceptors (Lipinski definition) is 6. The maximum atomic E-state index is 13.1. The minimum absolute atomic E-state index is 0.270. The second kappa shape index (κ2) is 12.4. The molecule has 0 aliphatic carbocycles. The van der Waals surface area contributed by atoms with Gasteiger partial charge < -0.3 is 14.7 Å². The summed E-state index contributed by atoms with van der Waals surface area (Å²) in [4.78, 5) is 42.8. The third-order valence-corrected chi connectivity index (χ3v) is 6.66. The van der Waals surface area contributed by atoms with E-state index in [4.69, 9.17) is 26.2 Å². The first kappa shape index (κ1) is 29.4. The Morgan fingerprint density at radius 2 is 1.81 bits per heavy atom. The zero-order valence-electron chi connectivity index (χ0n) is 19.7. The number of nitrogens with zero attached hydrogens (tertiary/aromatic N) is 3. The van der Waals surface area contributed by atoms with E-state index in [1.807, 2.05) is 18.2 Å². The summed E-state index contributed by atoms with van der Waals surface area (Å²) in [6.07, 6.45) is -0.822. The fourth-order valence-electron chi connectivity index (χ4n) is 3.13. The van der Waals surface area contributed by atoms with Gasteiger partial charge in [0.1, 0.15) is 5.54 Å². The molecule has 1 aliphatic heterocycles. The van der Waals surface area contributed by atoms with Crippen LogP contribution < -0.4 is 4.90 Å². The van der Waals surface area contributed by atoms with Gasteiger partial charge in [-0.3, -0.25) is 9.78 Å². The number of pyridine rings is 1. The van der Waals surface area contributed by atoms with Gasteiger partial charge in [0.25, 0.3) is 5.91 Å². The van der Waals surface area contributed by atoms with Gasteiger partial charge in [-0.1, -0.05) is 11.6 Å². The van der Waals surface area contributed by atoms with E-state index in [0.29, 0.717) is 23.9 Å². The minimum atomic E-state index is -5.08. The predicted molar refractivity (Wildman–Crippen MR) is 129 cm³/mol. The number of thioether (sulfide) groups is 1. The number of benzene rings is 1. The lowest BCUT2D eigenvalue weighted by Gasteiger charge is -2.27. The van der Waals surface area contributed by atoms with E-state index < -0.39 is 17.7 Å². The molecule has 0 saturated carbocycles. The van der Waals surface area contributed by atoms with Crippen LogP contribution in [0.5, 0.6) is 0 Å². The molecule has 3 amide bonds. The summed E-state index contributed by atoms with van der Waals surface area (Å²) in [6, 6.07) is 8.63. The predicted octanol–water partition coefficient (Wildman–Crippen LogP) is 5.24. The first-order valence-corrected chi connectivity index (χ1v) is 11.9. The molecule has 0 radical (unpaired) electrons. The molecule has 1 aromatic heterocycles. The van der Waals surface area contributed by atoms with Crippen molar-refractivity contribution in [2.45, 2.75) is 43.4 Å². The minimum Gasteiger partial charge on any atom is -0.475 e. The molecule has 1 aromatic carbocycles. The second-order valence-corrected chi connectivity index (χ2v) is 9.58. The van der Waals surface area contributed by atoms with Crippen LogP contribution >= 0.6 is 23.4 Å². The van der Waals surface area contributed by atoms with Gasteiger partial charge in [-0.2, -0.15) is 13.2 Å². The number of aliphatic carboxylic acids is 1. The Morgan fingerprint density at radius 1 is 1.19 bits per heavy atom. The normalized spacial score (nSPS) is 15.1. The molecular weight excluding hydrogens is 523 g/mol. The molecule has 13 heteroatoms. The van der Waals surface area contributed by atoms with Crippen molar-refractivity contribution < 1.29 is 37.4 Å². The molecule has 0 atom stereocenters. The zero-order valence-corrected chi connectivity index (χ0v) is 21.3. The molecular formula is C23H25ClF3N3O5S. The van der Waals surface area contributed by atoms with Gasteiger partial charge in [0.2, 0.25) is 0 Å². The molecule has 0 spiro atoms. The van der Waals surface area contributed by atoms with Gasteiger partial charge in [-0.05, 0) is 56.2 Å². The molecule has 196 valence electrons. The van der Waals surface area contributed by atoms with Gasteiger partial charge in [-0.25, -0.2) is 14.5 Å². The average Bonchev–Trinajstić information content (AvgIpc) is 2.97. The van der Waals surface area contributed by atoms with Crippen molar-refractivity contribution in [3.63, 3.8) is 0 Å². The van der Waals surface area contributed by atoms with Crippen molar-refractivity contribution in [1.29, 1.82) is 0 Å². The van der Waals surface area contributed by atoms with Crippen LogP contribution in [0.2, 0.25) is 5.02 Å². The highest BCUT2D eigenvalue weighted by atomic mass is 35.5. The number of halogens is 4. The van der Waals surface area contributed by atoms with Crippen LogP contribution in [-0.2, 0) is 20.9 Å². The van der Waals surface area contributed by atoms with Crippen molar-refractivity contribution in [2.75, 3.05) is 24.4 Å². The van der Waals surface area contributed by atoms with Crippen molar-refractivity contribution in [3.8, 4) is 0 Å². The first-order chi connectivity index (χ1) is 16.8. The number of imide groups is 1. The summed E-state index contributed by atoms with van der Waals surface area (Å²) >= 11 is 8.06. The maximum absolute atomic E-state index is 13.1. The van der Waals surface area contributed by atoms with Crippen LogP contribution in [0.4, 0.5) is 23.7 Å². The van der Waals surface area contributed by atoms with E-state index in [-0.39, 0.29) is 11.9 Å². The number of carboxylic acid groups (broad SMARTS) is 1. The number of urea groups is 1. The highest BCUT2D eigenvalue weighted by Gasteiger charge is 2.51. The summed E-state index contributed by atoms with van der Waals surface area (Å²) in [5.74, 6) is -2.15. The molecule has 1 aliphatic rings. The van der Waals surface area contributed by atoms with E-state index in [2.05, 4.69) is 4.98 Å². The molecule has 2 heterocycles. The number of hydrogen-bond donors (Lipinski definition) is 1. The number of carboxylic acids is 1. The average molecular weight is 548 g/mol. The Bertz CT molecular complexity index is 1090. The standard InChI is InChI=1S/C21H24ClN3O3S.C2HF3O2/c1-21(2)19(26)25(20(27)24(21)14-15-7-9-23-10-8-15)16-5-6-18(17(22)13-16)29-12-4-11-28-3;3-2(4,5)1(6)7/h5-10,13H,4,11-12,14H2,1-3H3;(H,6,7). The number of carbonyl (C=O) groups is 3. The second-order valence-electron chi connectivity index (χ2n) is 8.04. The Balaban J connectivity index is 0.000000572. The number of alkyl halides is 3. The summed E-state index contributed by atoms with van der Waals surface area (Å²) in [5.41, 5.74) is 0.439. The molecule has 0 unspecified atom stereocenters. The fraction of sp³-hybridized carbons (Fsp3) is 0.391. The van der Waals surface area contributed by atoms with Crippen LogP contribution in [0.1, 0.15) is 25.8 Å². The van der Waals surface area contributed by atoms with Gasteiger partial charge >= 0.3 is 18.2 Å². The van der Waals surface area contributed by atoms with Gasteiger partial charge in [0.05, 0.1) is 10.7 Å². The van der Waals surface area contributed by atoms with Gasteiger partial charge in [0.15, 0.2) is 0 Å². The molecule has 0 bridgehead atoms. The molecule has 1 saturated heterocycles. The molecule has 1 fully saturated rings. The van der Waals surface area contributed by atoms with Crippen LogP contribution in [0.3, 0.4) is 0 Å². The third kappa shape index (κ3) is 7.34. The fourth-order valence-corrected chi connectivity index (χ4v) is 4.31. The molecule has 3 rings (SSSR count). The Kier molecular flexibility index (Phi) is 10.1. The van der Waals surface area contributed by atoms with E-state index in [0.717, 1.165) is 22.6 Å². The van der Waals surface area contributed by atoms with Crippen LogP contribution in [0.25, 0.3) is 0 Å². The Morgan fingerprint density at radius 3 is 2.33 bits per heavy atom. The van der Waals surface area contributed by atoms with Gasteiger partial charge in [0, 0.05) is 43.3 Å². The lowest BCUT2D eigenvalue weighted by Crippen LogP contribution is -2.43. The number of aromatic nitrogens is 1. The monoisotopic (exact) mass is 547 g/mol. The molecule has 1 N–H and O–H groups in total. The maximum Gasteiger partial charge on any atom is 0.490 e. The smallest absolute Gasteiger partial charge is 0.475 e. The SMILES string of the molecule is COCCCSc1ccc(N2C(=O)N(Cc3ccncc3)C(C)(C)C2=O)cc1Cl.O=C(O)C(F)(F)F. The largest absolute Gasteiger partial charge is 0.490 e. The summed E-state index contributed by atoms with van der Waals surface area (Å²) < 4.78 is 36.8. The van der Waals surface area contributed by atoms with Crippen LogP contribution in [-0.4, -0.2) is 64.1 Å². The van der Waals surface area contributed by atoms with E-state index in [9.17, 15) is 22.8 Å². The first-order valence-electron chi connectivity index (χ1n) is 10.6. The lowest BCUT2D eigenvalue weighted by atomic mass is 10.0. The van der Waals surface area contributed by atoms with Crippen molar-refractivity contribution >= 4 is 47.0 Å². The number of anilines is 1. The van der Waals surface area contributed by atoms with E-state index in [1.165, 1.54) is 4.90 Å². The third-order valence-electron chi connectivity index (χ3n) is 5.08. The highest BCUT2D eigenvalue weighted by Crippen LogP contribution is 2.37. The quantitative estimate of drug-likeness (QED) is 0.274. The number of amides is 3. The number of ether oxygens (including phenoxy) is 1.